The number of fused-ring (bicyclic) bond motifs is 1. The number of hydrogen-bond donors (Lipinski definition) is 1. The molecule has 0 bridgehead atoms. The molecule has 1 aliphatic rings. The Morgan fingerprint density at radius 2 is 1.89 bits per heavy atom. The summed E-state index contributed by atoms with van der Waals surface area (Å²) in [6.07, 6.45) is 3.94. The van der Waals surface area contributed by atoms with Crippen LogP contribution in [0.2, 0.25) is 0 Å². The summed E-state index contributed by atoms with van der Waals surface area (Å²) in [6.45, 7) is 0. The van der Waals surface area contributed by atoms with E-state index in [0.29, 0.717) is 12.1 Å². The van der Waals surface area contributed by atoms with Crippen LogP contribution < -0.4 is 10.1 Å². The van der Waals surface area contributed by atoms with E-state index in [1.54, 1.807) is 0 Å². The van der Waals surface area contributed by atoms with Gasteiger partial charge in [0.05, 0.1) is 0 Å². The fourth-order valence-electron chi connectivity index (χ4n) is 2.81. The van der Waals surface area contributed by atoms with E-state index in [0.717, 1.165) is 12.2 Å². The van der Waals surface area contributed by atoms with Crippen molar-refractivity contribution in [1.82, 2.24) is 5.32 Å². The van der Waals surface area contributed by atoms with Crippen LogP contribution >= 0.6 is 0 Å². The van der Waals surface area contributed by atoms with Gasteiger partial charge in [0, 0.05) is 6.04 Å². The molecule has 0 aromatic heterocycles. The van der Waals surface area contributed by atoms with Crippen molar-refractivity contribution < 1.29 is 4.74 Å². The predicted octanol–water partition coefficient (Wildman–Crippen LogP) is 3.36. The van der Waals surface area contributed by atoms with Crippen molar-refractivity contribution in [1.29, 1.82) is 0 Å². The van der Waals surface area contributed by atoms with Gasteiger partial charge >= 0.3 is 0 Å². The Kier molecular flexibility index (Phi) is 3.20. The van der Waals surface area contributed by atoms with Crippen LogP contribution in [0.25, 0.3) is 10.8 Å². The molecule has 2 unspecified atom stereocenters. The van der Waals surface area contributed by atoms with E-state index >= 15 is 0 Å². The van der Waals surface area contributed by atoms with Gasteiger partial charge in [-0.2, -0.15) is 0 Å². The number of hydrogen-bond acceptors (Lipinski definition) is 2. The summed E-state index contributed by atoms with van der Waals surface area (Å²) in [6, 6.07) is 15.2. The minimum Gasteiger partial charge on any atom is -0.489 e. The molecule has 0 radical (unpaired) electrons. The average Bonchev–Trinajstić information content (AvgIpc) is 2.86. The van der Waals surface area contributed by atoms with Crippen molar-refractivity contribution in [3.05, 3.63) is 42.5 Å². The summed E-state index contributed by atoms with van der Waals surface area (Å²) >= 11 is 0. The van der Waals surface area contributed by atoms with Crippen molar-refractivity contribution in [3.8, 4) is 5.75 Å². The smallest absolute Gasteiger partial charge is 0.120 e. The average molecular weight is 241 g/mol. The Balaban J connectivity index is 1.82. The van der Waals surface area contributed by atoms with Crippen LogP contribution in [0.3, 0.4) is 0 Å². The lowest BCUT2D eigenvalue weighted by Crippen LogP contribution is -2.36. The van der Waals surface area contributed by atoms with Crippen LogP contribution in [0, 0.1) is 0 Å². The zero-order valence-corrected chi connectivity index (χ0v) is 10.7. The second-order valence-electron chi connectivity index (χ2n) is 4.99. The standard InChI is InChI=1S/C16H19NO/c1-17-15-7-4-8-16(15)18-14-10-9-12-5-2-3-6-13(12)11-14/h2-3,5-6,9-11,15-17H,4,7-8H2,1H3. The number of rotatable bonds is 3. The van der Waals surface area contributed by atoms with E-state index in [4.69, 9.17) is 4.74 Å². The summed E-state index contributed by atoms with van der Waals surface area (Å²) in [5, 5.41) is 5.86. The maximum atomic E-state index is 6.12. The van der Waals surface area contributed by atoms with E-state index in [2.05, 4.69) is 47.8 Å². The van der Waals surface area contributed by atoms with Crippen molar-refractivity contribution in [2.75, 3.05) is 7.05 Å². The Morgan fingerprint density at radius 3 is 2.72 bits per heavy atom. The number of likely N-dealkylation sites (N-methyl/N-ethyl adjacent to an activating group) is 1. The Labute approximate surface area is 108 Å². The van der Waals surface area contributed by atoms with Gasteiger partial charge in [0.25, 0.3) is 0 Å². The molecule has 0 aliphatic heterocycles. The van der Waals surface area contributed by atoms with Crippen molar-refractivity contribution in [2.24, 2.45) is 0 Å². The molecule has 2 aromatic carbocycles. The van der Waals surface area contributed by atoms with Crippen LogP contribution in [0.15, 0.2) is 42.5 Å². The monoisotopic (exact) mass is 241 g/mol. The minimum atomic E-state index is 0.316. The first-order chi connectivity index (χ1) is 8.86. The Bertz CT molecular complexity index is 537. The molecule has 0 saturated heterocycles. The van der Waals surface area contributed by atoms with Gasteiger partial charge in [-0.3, -0.25) is 0 Å². The van der Waals surface area contributed by atoms with Gasteiger partial charge in [-0.05, 0) is 49.2 Å². The highest BCUT2D eigenvalue weighted by Crippen LogP contribution is 2.27. The lowest BCUT2D eigenvalue weighted by molar-refractivity contribution is 0.179. The highest BCUT2D eigenvalue weighted by atomic mass is 16.5. The van der Waals surface area contributed by atoms with Gasteiger partial charge < -0.3 is 10.1 Å². The third-order valence-electron chi connectivity index (χ3n) is 3.83. The third-order valence-corrected chi connectivity index (χ3v) is 3.83. The van der Waals surface area contributed by atoms with E-state index < -0.39 is 0 Å². The molecule has 18 heavy (non-hydrogen) atoms. The van der Waals surface area contributed by atoms with Crippen LogP contribution in [0.1, 0.15) is 19.3 Å². The number of ether oxygens (including phenoxy) is 1. The van der Waals surface area contributed by atoms with E-state index in [1.165, 1.54) is 23.6 Å². The molecular weight excluding hydrogens is 222 g/mol. The van der Waals surface area contributed by atoms with Gasteiger partial charge in [0.2, 0.25) is 0 Å². The summed E-state index contributed by atoms with van der Waals surface area (Å²) in [7, 11) is 2.02. The lowest BCUT2D eigenvalue weighted by Gasteiger charge is -2.20. The van der Waals surface area contributed by atoms with Crippen molar-refractivity contribution in [3.63, 3.8) is 0 Å². The molecule has 1 saturated carbocycles. The molecule has 2 atom stereocenters. The molecule has 1 aliphatic carbocycles. The zero-order chi connectivity index (χ0) is 12.4. The van der Waals surface area contributed by atoms with Crippen LogP contribution in [-0.2, 0) is 0 Å². The molecular formula is C16H19NO. The fraction of sp³-hybridized carbons (Fsp3) is 0.375. The zero-order valence-electron chi connectivity index (χ0n) is 10.7. The normalized spacial score (nSPS) is 23.4. The molecule has 1 fully saturated rings. The Morgan fingerprint density at radius 1 is 1.06 bits per heavy atom. The summed E-state index contributed by atoms with van der Waals surface area (Å²) in [5.41, 5.74) is 0. The molecule has 0 amide bonds. The summed E-state index contributed by atoms with van der Waals surface area (Å²) in [4.78, 5) is 0. The second kappa shape index (κ2) is 4.99. The SMILES string of the molecule is CNC1CCCC1Oc1ccc2ccccc2c1. The third kappa shape index (κ3) is 2.21. The lowest BCUT2D eigenvalue weighted by atomic mass is 10.1. The van der Waals surface area contributed by atoms with Gasteiger partial charge in [-0.25, -0.2) is 0 Å². The van der Waals surface area contributed by atoms with Gasteiger partial charge in [0.15, 0.2) is 0 Å². The van der Waals surface area contributed by atoms with Crippen LogP contribution in [0.5, 0.6) is 5.75 Å². The van der Waals surface area contributed by atoms with E-state index in [-0.39, 0.29) is 0 Å². The molecule has 3 rings (SSSR count). The quantitative estimate of drug-likeness (QED) is 0.889. The van der Waals surface area contributed by atoms with Crippen molar-refractivity contribution >= 4 is 10.8 Å². The molecule has 0 heterocycles. The van der Waals surface area contributed by atoms with Crippen molar-refractivity contribution in [2.45, 2.75) is 31.4 Å². The molecule has 94 valence electrons. The maximum Gasteiger partial charge on any atom is 0.120 e. The second-order valence-corrected chi connectivity index (χ2v) is 4.99. The highest BCUT2D eigenvalue weighted by molar-refractivity contribution is 5.83. The molecule has 2 heteroatoms. The maximum absolute atomic E-state index is 6.12. The number of benzene rings is 2. The highest BCUT2D eigenvalue weighted by Gasteiger charge is 2.27. The largest absolute Gasteiger partial charge is 0.489 e. The minimum absolute atomic E-state index is 0.316. The summed E-state index contributed by atoms with van der Waals surface area (Å²) < 4.78 is 6.12. The van der Waals surface area contributed by atoms with Gasteiger partial charge in [-0.1, -0.05) is 30.3 Å². The Hall–Kier alpha value is -1.54. The molecule has 1 N–H and O–H groups in total. The van der Waals surface area contributed by atoms with Crippen LogP contribution in [0.4, 0.5) is 0 Å². The van der Waals surface area contributed by atoms with E-state index in [9.17, 15) is 0 Å². The fourth-order valence-corrected chi connectivity index (χ4v) is 2.81. The first-order valence-electron chi connectivity index (χ1n) is 6.69. The number of nitrogens with one attached hydrogen (secondary N) is 1. The predicted molar refractivity (Wildman–Crippen MR) is 75.1 cm³/mol. The van der Waals surface area contributed by atoms with Gasteiger partial charge in [0.1, 0.15) is 11.9 Å². The van der Waals surface area contributed by atoms with Gasteiger partial charge in [-0.15, -0.1) is 0 Å². The molecule has 2 aromatic rings. The molecule has 2 nitrogen and oxygen atoms in total. The first-order valence-corrected chi connectivity index (χ1v) is 6.69. The summed E-state index contributed by atoms with van der Waals surface area (Å²) in [5.74, 6) is 0.987. The topological polar surface area (TPSA) is 21.3 Å². The molecule has 0 spiro atoms. The van der Waals surface area contributed by atoms with E-state index in [1.807, 2.05) is 7.05 Å². The van der Waals surface area contributed by atoms with Crippen LogP contribution in [-0.4, -0.2) is 19.2 Å². The first kappa shape index (κ1) is 11.5.